The van der Waals surface area contributed by atoms with Gasteiger partial charge in [-0.15, -0.1) is 11.6 Å². The Morgan fingerprint density at radius 3 is 2.69 bits per heavy atom. The molecule has 0 spiro atoms. The van der Waals surface area contributed by atoms with E-state index in [-0.39, 0.29) is 11.2 Å². The molecule has 1 aromatic rings. The number of hydrogen-bond acceptors (Lipinski definition) is 0. The third kappa shape index (κ3) is 3.90. The van der Waals surface area contributed by atoms with Crippen LogP contribution < -0.4 is 0 Å². The topological polar surface area (TPSA) is 0 Å². The van der Waals surface area contributed by atoms with Gasteiger partial charge in [-0.05, 0) is 34.5 Å². The van der Waals surface area contributed by atoms with Gasteiger partial charge in [0, 0.05) is 10.0 Å². The molecule has 1 aromatic carbocycles. The zero-order valence-electron chi connectivity index (χ0n) is 9.07. The Labute approximate surface area is 114 Å². The van der Waals surface area contributed by atoms with Gasteiger partial charge in [0.15, 0.2) is 0 Å². The lowest BCUT2D eigenvalue weighted by molar-refractivity contribution is 0.587. The maximum absolute atomic E-state index is 13.6. The first-order valence-electron chi connectivity index (χ1n) is 5.34. The Morgan fingerprint density at radius 1 is 1.38 bits per heavy atom. The third-order valence-corrected chi connectivity index (χ3v) is 4.09. The van der Waals surface area contributed by atoms with Crippen molar-refractivity contribution < 1.29 is 4.39 Å². The van der Waals surface area contributed by atoms with Crippen molar-refractivity contribution in [2.24, 2.45) is 0 Å². The van der Waals surface area contributed by atoms with E-state index in [2.05, 4.69) is 22.9 Å². The molecule has 90 valence electrons. The van der Waals surface area contributed by atoms with Gasteiger partial charge in [-0.3, -0.25) is 0 Å². The lowest BCUT2D eigenvalue weighted by Crippen LogP contribution is -1.96. The number of hydrogen-bond donors (Lipinski definition) is 0. The second-order valence-corrected chi connectivity index (χ2v) is 5.54. The van der Waals surface area contributed by atoms with Gasteiger partial charge in [0.2, 0.25) is 0 Å². The Balaban J connectivity index is 2.75. The molecule has 0 radical (unpaired) electrons. The van der Waals surface area contributed by atoms with Gasteiger partial charge < -0.3 is 0 Å². The molecular formula is C12H14BrCl2F. The van der Waals surface area contributed by atoms with E-state index < -0.39 is 0 Å². The minimum Gasteiger partial charge on any atom is -0.207 e. The average molecular weight is 328 g/mol. The fourth-order valence-corrected chi connectivity index (χ4v) is 2.32. The van der Waals surface area contributed by atoms with Crippen molar-refractivity contribution in [1.29, 1.82) is 0 Å². The molecule has 0 aromatic heterocycles. The first-order valence-corrected chi connectivity index (χ1v) is 6.95. The molecule has 1 atom stereocenters. The summed E-state index contributed by atoms with van der Waals surface area (Å²) in [5, 5.41) is 0.203. The zero-order chi connectivity index (χ0) is 12.1. The van der Waals surface area contributed by atoms with Crippen LogP contribution in [0.5, 0.6) is 0 Å². The van der Waals surface area contributed by atoms with Crippen molar-refractivity contribution in [1.82, 2.24) is 0 Å². The molecule has 0 saturated heterocycles. The molecule has 0 N–H and O–H groups in total. The molecular weight excluding hydrogens is 314 g/mol. The van der Waals surface area contributed by atoms with Crippen LogP contribution in [0, 0.1) is 5.82 Å². The molecule has 0 saturated carbocycles. The molecule has 0 amide bonds. The summed E-state index contributed by atoms with van der Waals surface area (Å²) in [4.78, 5) is 0. The molecule has 0 aliphatic heterocycles. The maximum atomic E-state index is 13.6. The van der Waals surface area contributed by atoms with E-state index in [1.807, 2.05) is 0 Å². The van der Waals surface area contributed by atoms with Crippen LogP contribution in [0.3, 0.4) is 0 Å². The van der Waals surface area contributed by atoms with E-state index in [4.69, 9.17) is 23.2 Å². The molecule has 0 bridgehead atoms. The second kappa shape index (κ2) is 6.83. The first kappa shape index (κ1) is 14.3. The number of alkyl halides is 1. The highest BCUT2D eigenvalue weighted by Crippen LogP contribution is 2.33. The van der Waals surface area contributed by atoms with E-state index >= 15 is 0 Å². The fraction of sp³-hybridized carbons (Fsp3) is 0.500. The van der Waals surface area contributed by atoms with E-state index in [1.165, 1.54) is 6.07 Å². The standard InChI is InChI=1S/C12H14BrCl2F/c1-2-3-4-5-10(14)8-6-11(15)9(13)7-12(8)16/h6-7,10H,2-5H2,1H3. The average Bonchev–Trinajstić information content (AvgIpc) is 2.23. The van der Waals surface area contributed by atoms with E-state index in [0.29, 0.717) is 15.1 Å². The van der Waals surface area contributed by atoms with Crippen LogP contribution in [0.4, 0.5) is 4.39 Å². The van der Waals surface area contributed by atoms with Crippen molar-refractivity contribution in [3.8, 4) is 0 Å². The molecule has 0 heterocycles. The fourth-order valence-electron chi connectivity index (χ4n) is 1.51. The van der Waals surface area contributed by atoms with Crippen LogP contribution in [0.25, 0.3) is 0 Å². The van der Waals surface area contributed by atoms with Crippen molar-refractivity contribution in [2.45, 2.75) is 38.0 Å². The summed E-state index contributed by atoms with van der Waals surface area (Å²) in [6.45, 7) is 2.13. The van der Waals surface area contributed by atoms with Crippen LogP contribution in [0.1, 0.15) is 43.5 Å². The van der Waals surface area contributed by atoms with Gasteiger partial charge in [-0.2, -0.15) is 0 Å². The highest BCUT2D eigenvalue weighted by molar-refractivity contribution is 9.10. The molecule has 1 rings (SSSR count). The van der Waals surface area contributed by atoms with Crippen LogP contribution in [-0.4, -0.2) is 0 Å². The predicted octanol–water partition coefficient (Wildman–Crippen LogP) is 6.10. The smallest absolute Gasteiger partial charge is 0.129 e. The number of unbranched alkanes of at least 4 members (excludes halogenated alkanes) is 2. The van der Waals surface area contributed by atoms with Gasteiger partial charge in [-0.25, -0.2) is 4.39 Å². The van der Waals surface area contributed by atoms with Crippen molar-refractivity contribution in [3.63, 3.8) is 0 Å². The number of halogens is 4. The summed E-state index contributed by atoms with van der Waals surface area (Å²) >= 11 is 15.3. The minimum absolute atomic E-state index is 0.294. The Kier molecular flexibility index (Phi) is 6.09. The van der Waals surface area contributed by atoms with Crippen molar-refractivity contribution >= 4 is 39.1 Å². The summed E-state index contributed by atoms with van der Waals surface area (Å²) in [6, 6.07) is 2.97. The Hall–Kier alpha value is 0.210. The minimum atomic E-state index is -0.298. The lowest BCUT2D eigenvalue weighted by atomic mass is 10.1. The summed E-state index contributed by atoms with van der Waals surface area (Å²) in [6.07, 6.45) is 4.05. The van der Waals surface area contributed by atoms with Crippen LogP contribution in [0.15, 0.2) is 16.6 Å². The molecule has 4 heteroatoms. The van der Waals surface area contributed by atoms with Gasteiger partial charge in [0.05, 0.1) is 10.4 Å². The van der Waals surface area contributed by atoms with Gasteiger partial charge >= 0.3 is 0 Å². The lowest BCUT2D eigenvalue weighted by Gasteiger charge is -2.11. The maximum Gasteiger partial charge on any atom is 0.129 e. The summed E-state index contributed by atoms with van der Waals surface area (Å²) in [5.74, 6) is -0.298. The van der Waals surface area contributed by atoms with Crippen LogP contribution >= 0.6 is 39.1 Å². The van der Waals surface area contributed by atoms with Crippen LogP contribution in [-0.2, 0) is 0 Å². The van der Waals surface area contributed by atoms with Crippen molar-refractivity contribution in [3.05, 3.63) is 33.0 Å². The zero-order valence-corrected chi connectivity index (χ0v) is 12.2. The molecule has 16 heavy (non-hydrogen) atoms. The number of rotatable bonds is 5. The van der Waals surface area contributed by atoms with E-state index in [0.717, 1.165) is 25.7 Å². The van der Waals surface area contributed by atoms with Crippen molar-refractivity contribution in [2.75, 3.05) is 0 Å². The monoisotopic (exact) mass is 326 g/mol. The largest absolute Gasteiger partial charge is 0.207 e. The highest BCUT2D eigenvalue weighted by atomic mass is 79.9. The van der Waals surface area contributed by atoms with E-state index in [1.54, 1.807) is 6.07 Å². The Morgan fingerprint density at radius 2 is 2.06 bits per heavy atom. The quantitative estimate of drug-likeness (QED) is 0.348. The number of benzene rings is 1. The van der Waals surface area contributed by atoms with E-state index in [9.17, 15) is 4.39 Å². The summed E-state index contributed by atoms with van der Waals surface area (Å²) in [7, 11) is 0. The van der Waals surface area contributed by atoms with Crippen LogP contribution in [0.2, 0.25) is 5.02 Å². The second-order valence-electron chi connectivity index (χ2n) is 3.75. The molecule has 1 unspecified atom stereocenters. The first-order chi connectivity index (χ1) is 7.56. The molecule has 0 nitrogen and oxygen atoms in total. The SMILES string of the molecule is CCCCCC(Cl)c1cc(Cl)c(Br)cc1F. The van der Waals surface area contributed by atoms with Gasteiger partial charge in [0.25, 0.3) is 0 Å². The molecule has 0 fully saturated rings. The summed E-state index contributed by atoms with van der Waals surface area (Å²) in [5.41, 5.74) is 0.492. The Bertz CT molecular complexity index is 355. The third-order valence-electron chi connectivity index (χ3n) is 2.44. The highest BCUT2D eigenvalue weighted by Gasteiger charge is 2.14. The normalized spacial score (nSPS) is 12.8. The molecule has 0 aliphatic rings. The molecule has 0 aliphatic carbocycles. The van der Waals surface area contributed by atoms with Gasteiger partial charge in [0.1, 0.15) is 5.82 Å². The summed E-state index contributed by atoms with van der Waals surface area (Å²) < 4.78 is 14.2. The van der Waals surface area contributed by atoms with Gasteiger partial charge in [-0.1, -0.05) is 37.8 Å². The predicted molar refractivity (Wildman–Crippen MR) is 71.8 cm³/mol.